The van der Waals surface area contributed by atoms with E-state index in [1.165, 1.54) is 5.56 Å². The van der Waals surface area contributed by atoms with Gasteiger partial charge in [0.1, 0.15) is 5.75 Å². The smallest absolute Gasteiger partial charge is 0.223 e. The Labute approximate surface area is 127 Å². The van der Waals surface area contributed by atoms with Crippen LogP contribution in [0.4, 0.5) is 0 Å². The van der Waals surface area contributed by atoms with Crippen LogP contribution < -0.4 is 10.5 Å². The lowest BCUT2D eigenvalue weighted by Crippen LogP contribution is -2.47. The standard InChI is InChI=1S/C18H27NO2/c1-13(2)18(16(19)20)11-9-17(3,10-12-18)14-7-5-6-8-15(14)21-4/h5-8,13H,9-12H2,1-4H3,(H2,19,20). The Morgan fingerprint density at radius 2 is 1.76 bits per heavy atom. The molecule has 0 saturated heterocycles. The quantitative estimate of drug-likeness (QED) is 0.919. The van der Waals surface area contributed by atoms with Crippen molar-refractivity contribution in [1.82, 2.24) is 0 Å². The molecule has 0 aliphatic heterocycles. The zero-order valence-electron chi connectivity index (χ0n) is 13.6. The largest absolute Gasteiger partial charge is 0.496 e. The Bertz CT molecular complexity index is 514. The first kappa shape index (κ1) is 15.9. The molecule has 1 saturated carbocycles. The van der Waals surface area contributed by atoms with Crippen LogP contribution in [0, 0.1) is 11.3 Å². The zero-order valence-corrected chi connectivity index (χ0v) is 13.6. The molecule has 0 aromatic heterocycles. The summed E-state index contributed by atoms with van der Waals surface area (Å²) in [7, 11) is 1.72. The van der Waals surface area contributed by atoms with Crippen molar-refractivity contribution in [3.8, 4) is 5.75 Å². The molecule has 1 aliphatic rings. The average molecular weight is 289 g/mol. The van der Waals surface area contributed by atoms with Crippen molar-refractivity contribution in [3.05, 3.63) is 29.8 Å². The summed E-state index contributed by atoms with van der Waals surface area (Å²) < 4.78 is 5.52. The second kappa shape index (κ2) is 5.70. The molecule has 21 heavy (non-hydrogen) atoms. The van der Waals surface area contributed by atoms with Gasteiger partial charge in [0.2, 0.25) is 5.91 Å². The van der Waals surface area contributed by atoms with E-state index in [1.807, 2.05) is 12.1 Å². The summed E-state index contributed by atoms with van der Waals surface area (Å²) in [5, 5.41) is 0. The molecule has 1 aliphatic carbocycles. The van der Waals surface area contributed by atoms with Crippen LogP contribution in [0.2, 0.25) is 0 Å². The van der Waals surface area contributed by atoms with Gasteiger partial charge in [-0.3, -0.25) is 4.79 Å². The van der Waals surface area contributed by atoms with Gasteiger partial charge in [-0.1, -0.05) is 39.0 Å². The molecular weight excluding hydrogens is 262 g/mol. The lowest BCUT2D eigenvalue weighted by molar-refractivity contribution is -0.133. The van der Waals surface area contributed by atoms with Crippen LogP contribution in [-0.2, 0) is 10.2 Å². The van der Waals surface area contributed by atoms with Crippen LogP contribution in [-0.4, -0.2) is 13.0 Å². The van der Waals surface area contributed by atoms with E-state index in [0.29, 0.717) is 0 Å². The van der Waals surface area contributed by atoms with E-state index in [0.717, 1.165) is 31.4 Å². The fourth-order valence-electron chi connectivity index (χ4n) is 3.77. The monoisotopic (exact) mass is 289 g/mol. The molecule has 1 aromatic rings. The first-order valence-corrected chi connectivity index (χ1v) is 7.79. The lowest BCUT2D eigenvalue weighted by Gasteiger charge is -2.46. The van der Waals surface area contributed by atoms with Crippen LogP contribution in [0.3, 0.4) is 0 Å². The number of rotatable bonds is 4. The minimum Gasteiger partial charge on any atom is -0.496 e. The summed E-state index contributed by atoms with van der Waals surface area (Å²) in [6, 6.07) is 8.21. The summed E-state index contributed by atoms with van der Waals surface area (Å²) in [6.45, 7) is 6.49. The van der Waals surface area contributed by atoms with E-state index >= 15 is 0 Å². The van der Waals surface area contributed by atoms with E-state index in [4.69, 9.17) is 10.5 Å². The Balaban J connectivity index is 2.28. The van der Waals surface area contributed by atoms with E-state index in [-0.39, 0.29) is 22.7 Å². The molecule has 0 radical (unpaired) electrons. The molecule has 1 fully saturated rings. The lowest BCUT2D eigenvalue weighted by atomic mass is 9.58. The third-order valence-corrected chi connectivity index (χ3v) is 5.60. The van der Waals surface area contributed by atoms with E-state index < -0.39 is 0 Å². The van der Waals surface area contributed by atoms with Gasteiger partial charge in [0.15, 0.2) is 0 Å². The maximum atomic E-state index is 12.0. The van der Waals surface area contributed by atoms with Crippen molar-refractivity contribution < 1.29 is 9.53 Å². The van der Waals surface area contributed by atoms with E-state index in [1.54, 1.807) is 7.11 Å². The number of para-hydroxylation sites is 1. The van der Waals surface area contributed by atoms with Crippen molar-refractivity contribution in [2.45, 2.75) is 51.9 Å². The number of hydrogen-bond acceptors (Lipinski definition) is 2. The summed E-state index contributed by atoms with van der Waals surface area (Å²) in [6.07, 6.45) is 3.64. The van der Waals surface area contributed by atoms with Crippen molar-refractivity contribution in [1.29, 1.82) is 0 Å². The second-order valence-corrected chi connectivity index (χ2v) is 6.94. The van der Waals surface area contributed by atoms with E-state index in [9.17, 15) is 4.79 Å². The Morgan fingerprint density at radius 3 is 2.24 bits per heavy atom. The Hall–Kier alpha value is -1.51. The van der Waals surface area contributed by atoms with Gasteiger partial charge < -0.3 is 10.5 Å². The number of carbonyl (C=O) groups excluding carboxylic acids is 1. The first-order chi connectivity index (χ1) is 9.85. The van der Waals surface area contributed by atoms with Crippen LogP contribution in [0.15, 0.2) is 24.3 Å². The van der Waals surface area contributed by atoms with Gasteiger partial charge in [-0.2, -0.15) is 0 Å². The highest BCUT2D eigenvalue weighted by atomic mass is 16.5. The van der Waals surface area contributed by atoms with Crippen LogP contribution in [0.1, 0.15) is 52.0 Å². The number of hydrogen-bond donors (Lipinski definition) is 1. The molecule has 1 amide bonds. The fraction of sp³-hybridized carbons (Fsp3) is 0.611. The topological polar surface area (TPSA) is 52.3 Å². The van der Waals surface area contributed by atoms with Crippen molar-refractivity contribution >= 4 is 5.91 Å². The molecule has 1 aromatic carbocycles. The molecular formula is C18H27NO2. The number of benzene rings is 1. The maximum absolute atomic E-state index is 12.0. The third-order valence-electron chi connectivity index (χ3n) is 5.60. The zero-order chi connectivity index (χ0) is 15.7. The van der Waals surface area contributed by atoms with Crippen LogP contribution in [0.25, 0.3) is 0 Å². The Kier molecular flexibility index (Phi) is 4.31. The number of primary amides is 1. The molecule has 3 heteroatoms. The minimum absolute atomic E-state index is 0.0560. The summed E-state index contributed by atoms with van der Waals surface area (Å²) >= 11 is 0. The third kappa shape index (κ3) is 2.66. The van der Waals surface area contributed by atoms with Gasteiger partial charge in [-0.25, -0.2) is 0 Å². The predicted molar refractivity (Wildman–Crippen MR) is 85.3 cm³/mol. The molecule has 0 bridgehead atoms. The number of ether oxygens (including phenoxy) is 1. The van der Waals surface area contributed by atoms with Crippen LogP contribution in [0.5, 0.6) is 5.75 Å². The predicted octanol–water partition coefficient (Wildman–Crippen LogP) is 3.65. The fourth-order valence-corrected chi connectivity index (χ4v) is 3.77. The highest BCUT2D eigenvalue weighted by Gasteiger charge is 2.47. The van der Waals surface area contributed by atoms with Gasteiger partial charge in [0.25, 0.3) is 0 Å². The summed E-state index contributed by atoms with van der Waals surface area (Å²) in [4.78, 5) is 12.0. The summed E-state index contributed by atoms with van der Waals surface area (Å²) in [5.74, 6) is 1.09. The Morgan fingerprint density at radius 1 is 1.19 bits per heavy atom. The molecule has 0 spiro atoms. The minimum atomic E-state index is -0.346. The molecule has 2 rings (SSSR count). The number of methoxy groups -OCH3 is 1. The maximum Gasteiger partial charge on any atom is 0.223 e. The van der Waals surface area contributed by atoms with Gasteiger partial charge in [-0.05, 0) is 43.1 Å². The van der Waals surface area contributed by atoms with Gasteiger partial charge in [0.05, 0.1) is 12.5 Å². The molecule has 3 nitrogen and oxygen atoms in total. The highest BCUT2D eigenvalue weighted by molar-refractivity contribution is 5.81. The van der Waals surface area contributed by atoms with Crippen molar-refractivity contribution in [2.24, 2.45) is 17.1 Å². The van der Waals surface area contributed by atoms with Crippen molar-refractivity contribution in [2.75, 3.05) is 7.11 Å². The molecule has 0 atom stereocenters. The van der Waals surface area contributed by atoms with Gasteiger partial charge in [-0.15, -0.1) is 0 Å². The number of nitrogens with two attached hydrogens (primary N) is 1. The first-order valence-electron chi connectivity index (χ1n) is 7.79. The van der Waals surface area contributed by atoms with E-state index in [2.05, 4.69) is 32.9 Å². The SMILES string of the molecule is COc1ccccc1C1(C)CCC(C(N)=O)(C(C)C)CC1. The van der Waals surface area contributed by atoms with Gasteiger partial charge >= 0.3 is 0 Å². The average Bonchev–Trinajstić information content (AvgIpc) is 2.47. The number of amides is 1. The van der Waals surface area contributed by atoms with Gasteiger partial charge in [0, 0.05) is 5.56 Å². The highest BCUT2D eigenvalue weighted by Crippen LogP contribution is 2.51. The van der Waals surface area contributed by atoms with Crippen LogP contribution >= 0.6 is 0 Å². The number of carbonyl (C=O) groups is 1. The molecule has 2 N–H and O–H groups in total. The second-order valence-electron chi connectivity index (χ2n) is 6.94. The van der Waals surface area contributed by atoms with Crippen molar-refractivity contribution in [3.63, 3.8) is 0 Å². The molecule has 116 valence electrons. The summed E-state index contributed by atoms with van der Waals surface area (Å²) in [5.41, 5.74) is 6.68. The normalized spacial score (nSPS) is 29.4. The molecule has 0 heterocycles. The molecule has 0 unspecified atom stereocenters.